The number of hydrogen-bond acceptors (Lipinski definition) is 3. The van der Waals surface area contributed by atoms with Crippen molar-refractivity contribution in [1.82, 2.24) is 0 Å². The summed E-state index contributed by atoms with van der Waals surface area (Å²) in [6.07, 6.45) is 4.20. The number of ether oxygens (including phenoxy) is 1. The van der Waals surface area contributed by atoms with E-state index in [1.54, 1.807) is 0 Å². The van der Waals surface area contributed by atoms with Crippen molar-refractivity contribution < 1.29 is 9.53 Å². The fourth-order valence-electron chi connectivity index (χ4n) is 2.46. The van der Waals surface area contributed by atoms with E-state index in [4.69, 9.17) is 4.74 Å². The lowest BCUT2D eigenvalue weighted by Gasteiger charge is -2.36. The normalized spacial score (nSPS) is 22.4. The lowest BCUT2D eigenvalue weighted by atomic mass is 9.95. The summed E-state index contributed by atoms with van der Waals surface area (Å²) in [5, 5.41) is 0. The maximum atomic E-state index is 12.2. The van der Waals surface area contributed by atoms with Crippen LogP contribution in [-0.2, 0) is 9.53 Å². The first-order valence-corrected chi connectivity index (χ1v) is 6.80. The lowest BCUT2D eigenvalue weighted by Crippen LogP contribution is -2.48. The number of rotatable bonds is 3. The van der Waals surface area contributed by atoms with Gasteiger partial charge >= 0.3 is 5.97 Å². The SMILES string of the molecule is CCOC(=O)[C@H]1[C@@H](C)C=CCN1c1ccc(C)cc1. The Hall–Kier alpha value is -1.77. The third-order valence-electron chi connectivity index (χ3n) is 3.47. The zero-order valence-electron chi connectivity index (χ0n) is 11.8. The third kappa shape index (κ3) is 2.98. The molecule has 2 atom stereocenters. The van der Waals surface area contributed by atoms with Gasteiger partial charge in [-0.1, -0.05) is 36.8 Å². The minimum atomic E-state index is -0.229. The number of hydrogen-bond donors (Lipinski definition) is 0. The highest BCUT2D eigenvalue weighted by Gasteiger charge is 2.33. The van der Waals surface area contributed by atoms with Gasteiger partial charge in [-0.2, -0.15) is 0 Å². The van der Waals surface area contributed by atoms with Crippen LogP contribution in [0.25, 0.3) is 0 Å². The summed E-state index contributed by atoms with van der Waals surface area (Å²) in [4.78, 5) is 14.3. The van der Waals surface area contributed by atoms with Crippen molar-refractivity contribution in [1.29, 1.82) is 0 Å². The number of carbonyl (C=O) groups excluding carboxylic acids is 1. The fraction of sp³-hybridized carbons (Fsp3) is 0.438. The first kappa shape index (κ1) is 13.7. The summed E-state index contributed by atoms with van der Waals surface area (Å²) in [7, 11) is 0. The molecule has 1 aliphatic heterocycles. The summed E-state index contributed by atoms with van der Waals surface area (Å²) in [5.74, 6) is 0.0222. The average molecular weight is 259 g/mol. The zero-order chi connectivity index (χ0) is 13.8. The number of anilines is 1. The molecule has 1 aromatic rings. The molecule has 0 aromatic heterocycles. The Morgan fingerprint density at radius 2 is 2.05 bits per heavy atom. The fourth-order valence-corrected chi connectivity index (χ4v) is 2.46. The van der Waals surface area contributed by atoms with E-state index in [0.29, 0.717) is 6.61 Å². The maximum absolute atomic E-state index is 12.2. The molecule has 0 fully saturated rings. The van der Waals surface area contributed by atoms with E-state index in [1.807, 2.05) is 6.92 Å². The Balaban J connectivity index is 2.28. The van der Waals surface area contributed by atoms with Gasteiger partial charge in [0.05, 0.1) is 6.61 Å². The molecule has 0 unspecified atom stereocenters. The average Bonchev–Trinajstić information content (AvgIpc) is 2.39. The maximum Gasteiger partial charge on any atom is 0.329 e. The second kappa shape index (κ2) is 5.91. The van der Waals surface area contributed by atoms with Gasteiger partial charge in [0.15, 0.2) is 0 Å². The highest BCUT2D eigenvalue weighted by molar-refractivity contribution is 5.81. The molecule has 19 heavy (non-hydrogen) atoms. The van der Waals surface area contributed by atoms with Crippen molar-refractivity contribution in [3.63, 3.8) is 0 Å². The quantitative estimate of drug-likeness (QED) is 0.617. The van der Waals surface area contributed by atoms with Crippen LogP contribution in [0, 0.1) is 12.8 Å². The van der Waals surface area contributed by atoms with Gasteiger partial charge in [0.1, 0.15) is 6.04 Å². The van der Waals surface area contributed by atoms with E-state index in [0.717, 1.165) is 12.2 Å². The molecule has 0 saturated heterocycles. The molecule has 2 rings (SSSR count). The Bertz CT molecular complexity index is 464. The molecule has 3 nitrogen and oxygen atoms in total. The number of carbonyl (C=O) groups is 1. The van der Waals surface area contributed by atoms with Gasteiger partial charge in [-0.15, -0.1) is 0 Å². The lowest BCUT2D eigenvalue weighted by molar-refractivity contribution is -0.145. The van der Waals surface area contributed by atoms with Crippen molar-refractivity contribution in [2.75, 3.05) is 18.1 Å². The van der Waals surface area contributed by atoms with E-state index < -0.39 is 0 Å². The highest BCUT2D eigenvalue weighted by Crippen LogP contribution is 2.26. The second-order valence-corrected chi connectivity index (χ2v) is 4.97. The monoisotopic (exact) mass is 259 g/mol. The topological polar surface area (TPSA) is 29.5 Å². The van der Waals surface area contributed by atoms with Crippen LogP contribution in [0.5, 0.6) is 0 Å². The second-order valence-electron chi connectivity index (χ2n) is 4.97. The van der Waals surface area contributed by atoms with Crippen molar-refractivity contribution in [2.45, 2.75) is 26.8 Å². The summed E-state index contributed by atoms with van der Waals surface area (Å²) in [6, 6.07) is 8.04. The molecular weight excluding hydrogens is 238 g/mol. The van der Waals surface area contributed by atoms with Crippen LogP contribution in [-0.4, -0.2) is 25.2 Å². The van der Waals surface area contributed by atoms with Gasteiger partial charge < -0.3 is 9.64 Å². The summed E-state index contributed by atoms with van der Waals surface area (Å²) in [6.45, 7) is 7.13. The van der Waals surface area contributed by atoms with Crippen LogP contribution in [0.2, 0.25) is 0 Å². The molecule has 3 heteroatoms. The van der Waals surface area contributed by atoms with Crippen molar-refractivity contribution in [2.24, 2.45) is 5.92 Å². The van der Waals surface area contributed by atoms with E-state index in [9.17, 15) is 4.79 Å². The Morgan fingerprint density at radius 1 is 1.37 bits per heavy atom. The van der Waals surface area contributed by atoms with Crippen molar-refractivity contribution in [3.8, 4) is 0 Å². The number of nitrogens with zero attached hydrogens (tertiary/aromatic N) is 1. The van der Waals surface area contributed by atoms with Gasteiger partial charge in [-0.05, 0) is 26.0 Å². The predicted molar refractivity (Wildman–Crippen MR) is 77.3 cm³/mol. The molecule has 0 radical (unpaired) electrons. The first-order chi connectivity index (χ1) is 9.13. The smallest absolute Gasteiger partial charge is 0.329 e. The highest BCUT2D eigenvalue weighted by atomic mass is 16.5. The molecule has 0 saturated carbocycles. The molecular formula is C16H21NO2. The van der Waals surface area contributed by atoms with Crippen molar-refractivity contribution in [3.05, 3.63) is 42.0 Å². The van der Waals surface area contributed by atoms with Crippen LogP contribution < -0.4 is 4.90 Å². The number of aryl methyl sites for hydroxylation is 1. The van der Waals surface area contributed by atoms with Gasteiger partial charge in [-0.25, -0.2) is 4.79 Å². The molecule has 0 spiro atoms. The number of esters is 1. The van der Waals surface area contributed by atoms with Crippen LogP contribution >= 0.6 is 0 Å². The Kier molecular flexibility index (Phi) is 4.25. The minimum Gasteiger partial charge on any atom is -0.464 e. The van der Waals surface area contributed by atoms with E-state index in [2.05, 4.69) is 55.2 Å². The van der Waals surface area contributed by atoms with E-state index in [-0.39, 0.29) is 17.9 Å². The Morgan fingerprint density at radius 3 is 2.68 bits per heavy atom. The molecule has 0 aliphatic carbocycles. The standard InChI is InChI=1S/C16H21NO2/c1-4-19-16(18)15-13(3)6-5-11-17(15)14-9-7-12(2)8-10-14/h5-10,13,15H,4,11H2,1-3H3/t13-,15+/m0/s1. The van der Waals surface area contributed by atoms with Gasteiger partial charge in [-0.3, -0.25) is 0 Å². The van der Waals surface area contributed by atoms with Crippen LogP contribution in [0.15, 0.2) is 36.4 Å². The molecule has 1 heterocycles. The largest absolute Gasteiger partial charge is 0.464 e. The van der Waals surface area contributed by atoms with Crippen LogP contribution in [0.3, 0.4) is 0 Å². The van der Waals surface area contributed by atoms with Crippen molar-refractivity contribution >= 4 is 11.7 Å². The minimum absolute atomic E-state index is 0.139. The summed E-state index contributed by atoms with van der Waals surface area (Å²) >= 11 is 0. The number of benzene rings is 1. The predicted octanol–water partition coefficient (Wildman–Crippen LogP) is 2.94. The molecule has 0 bridgehead atoms. The molecule has 0 N–H and O–H groups in total. The van der Waals surface area contributed by atoms with Crippen LogP contribution in [0.1, 0.15) is 19.4 Å². The molecule has 1 aliphatic rings. The van der Waals surface area contributed by atoms with Gasteiger partial charge in [0, 0.05) is 18.2 Å². The molecule has 102 valence electrons. The zero-order valence-corrected chi connectivity index (χ0v) is 11.8. The molecule has 1 aromatic carbocycles. The molecule has 0 amide bonds. The summed E-state index contributed by atoms with van der Waals surface area (Å²) < 4.78 is 5.21. The third-order valence-corrected chi connectivity index (χ3v) is 3.47. The first-order valence-electron chi connectivity index (χ1n) is 6.80. The Labute approximate surface area is 114 Å². The summed E-state index contributed by atoms with van der Waals surface area (Å²) in [5.41, 5.74) is 2.29. The van der Waals surface area contributed by atoms with E-state index in [1.165, 1.54) is 5.56 Å². The van der Waals surface area contributed by atoms with Gasteiger partial charge in [0.25, 0.3) is 0 Å². The van der Waals surface area contributed by atoms with Gasteiger partial charge in [0.2, 0.25) is 0 Å². The van der Waals surface area contributed by atoms with Crippen LogP contribution in [0.4, 0.5) is 5.69 Å². The van der Waals surface area contributed by atoms with E-state index >= 15 is 0 Å².